The maximum Gasteiger partial charge on any atom is 0.339 e. The molecule has 136 valence electrons. The van der Waals surface area contributed by atoms with Crippen LogP contribution >= 0.6 is 0 Å². The van der Waals surface area contributed by atoms with Crippen LogP contribution in [-0.2, 0) is 24.4 Å². The SMILES string of the molecule is C=C(C)C(=O)OC[C@H](C)OC(=O)c1cccc(S(=O)(=O)O)c1C(=O)O. The summed E-state index contributed by atoms with van der Waals surface area (Å²) in [6.07, 6.45) is -0.938. The first kappa shape index (κ1) is 20.3. The van der Waals surface area contributed by atoms with Crippen molar-refractivity contribution in [2.45, 2.75) is 24.8 Å². The molecule has 1 aromatic carbocycles. The number of benzene rings is 1. The molecule has 0 aliphatic heterocycles. The Morgan fingerprint density at radius 2 is 1.88 bits per heavy atom. The van der Waals surface area contributed by atoms with Gasteiger partial charge in [0.25, 0.3) is 10.1 Å². The lowest BCUT2D eigenvalue weighted by molar-refractivity contribution is -0.141. The van der Waals surface area contributed by atoms with E-state index in [-0.39, 0.29) is 12.2 Å². The van der Waals surface area contributed by atoms with Gasteiger partial charge in [-0.05, 0) is 26.0 Å². The number of ether oxygens (including phenoxy) is 2. The van der Waals surface area contributed by atoms with Crippen LogP contribution in [0.4, 0.5) is 0 Å². The van der Waals surface area contributed by atoms with Crippen molar-refractivity contribution in [3.05, 3.63) is 41.5 Å². The maximum absolute atomic E-state index is 12.1. The quantitative estimate of drug-likeness (QED) is 0.411. The topological polar surface area (TPSA) is 144 Å². The number of hydrogen-bond acceptors (Lipinski definition) is 7. The molecule has 0 spiro atoms. The number of carboxylic acid groups (broad SMARTS) is 1. The molecule has 10 heteroatoms. The van der Waals surface area contributed by atoms with Crippen molar-refractivity contribution in [1.29, 1.82) is 0 Å². The van der Waals surface area contributed by atoms with Crippen molar-refractivity contribution in [3.8, 4) is 0 Å². The molecule has 1 atom stereocenters. The van der Waals surface area contributed by atoms with Crippen LogP contribution in [0.15, 0.2) is 35.2 Å². The van der Waals surface area contributed by atoms with E-state index in [0.29, 0.717) is 0 Å². The third-order valence-electron chi connectivity index (χ3n) is 2.84. The fourth-order valence-electron chi connectivity index (χ4n) is 1.73. The molecule has 9 nitrogen and oxygen atoms in total. The van der Waals surface area contributed by atoms with Gasteiger partial charge < -0.3 is 14.6 Å². The molecule has 0 heterocycles. The van der Waals surface area contributed by atoms with Crippen LogP contribution in [0.1, 0.15) is 34.6 Å². The minimum Gasteiger partial charge on any atom is -0.478 e. The van der Waals surface area contributed by atoms with Gasteiger partial charge in [0.05, 0.1) is 11.1 Å². The second-order valence-corrected chi connectivity index (χ2v) is 6.44. The molecule has 0 amide bonds. The zero-order chi connectivity index (χ0) is 19.4. The fraction of sp³-hybridized carbons (Fsp3) is 0.267. The fourth-order valence-corrected chi connectivity index (χ4v) is 2.44. The molecule has 0 unspecified atom stereocenters. The van der Waals surface area contributed by atoms with Crippen LogP contribution in [0.3, 0.4) is 0 Å². The number of esters is 2. The number of aromatic carboxylic acids is 1. The van der Waals surface area contributed by atoms with Gasteiger partial charge in [-0.3, -0.25) is 4.55 Å². The molecule has 0 radical (unpaired) electrons. The highest BCUT2D eigenvalue weighted by atomic mass is 32.2. The highest BCUT2D eigenvalue weighted by Gasteiger charge is 2.28. The zero-order valence-electron chi connectivity index (χ0n) is 13.4. The van der Waals surface area contributed by atoms with Gasteiger partial charge in [-0.2, -0.15) is 8.42 Å². The molecule has 0 aromatic heterocycles. The first-order valence-electron chi connectivity index (χ1n) is 6.82. The lowest BCUT2D eigenvalue weighted by Gasteiger charge is -2.15. The summed E-state index contributed by atoms with van der Waals surface area (Å²) in [7, 11) is -4.86. The second-order valence-electron chi connectivity index (χ2n) is 5.05. The van der Waals surface area contributed by atoms with Crippen LogP contribution in [0.5, 0.6) is 0 Å². The van der Waals surface area contributed by atoms with Gasteiger partial charge in [-0.25, -0.2) is 14.4 Å². The Hall–Kier alpha value is -2.72. The number of carbonyl (C=O) groups excluding carboxylic acids is 2. The molecular weight excluding hydrogens is 356 g/mol. The lowest BCUT2D eigenvalue weighted by atomic mass is 10.1. The number of hydrogen-bond donors (Lipinski definition) is 2. The molecule has 1 rings (SSSR count). The third kappa shape index (κ3) is 5.40. The Bertz CT molecular complexity index is 823. The van der Waals surface area contributed by atoms with Crippen LogP contribution in [0.2, 0.25) is 0 Å². The summed E-state index contributed by atoms with van der Waals surface area (Å²) in [5.74, 6) is -3.58. The second kappa shape index (κ2) is 7.90. The van der Waals surface area contributed by atoms with E-state index in [2.05, 4.69) is 6.58 Å². The van der Waals surface area contributed by atoms with Crippen molar-refractivity contribution in [2.24, 2.45) is 0 Å². The molecule has 2 N–H and O–H groups in total. The van der Waals surface area contributed by atoms with Gasteiger partial charge in [0.15, 0.2) is 0 Å². The van der Waals surface area contributed by atoms with E-state index in [9.17, 15) is 22.8 Å². The number of carboxylic acids is 1. The minimum atomic E-state index is -4.86. The molecule has 1 aromatic rings. The Morgan fingerprint density at radius 1 is 1.28 bits per heavy atom. The summed E-state index contributed by atoms with van der Waals surface area (Å²) in [4.78, 5) is 33.8. The number of rotatable bonds is 7. The first-order chi connectivity index (χ1) is 11.4. The van der Waals surface area contributed by atoms with Crippen LogP contribution < -0.4 is 0 Å². The Morgan fingerprint density at radius 3 is 2.36 bits per heavy atom. The van der Waals surface area contributed by atoms with Gasteiger partial charge >= 0.3 is 17.9 Å². The van der Waals surface area contributed by atoms with Crippen molar-refractivity contribution in [1.82, 2.24) is 0 Å². The average Bonchev–Trinajstić information content (AvgIpc) is 2.50. The summed E-state index contributed by atoms with van der Waals surface area (Å²) < 4.78 is 41.4. The largest absolute Gasteiger partial charge is 0.478 e. The van der Waals surface area contributed by atoms with Gasteiger partial charge in [-0.1, -0.05) is 12.6 Å². The smallest absolute Gasteiger partial charge is 0.339 e. The Labute approximate surface area is 143 Å². The lowest BCUT2D eigenvalue weighted by Crippen LogP contribution is -2.24. The summed E-state index contributed by atoms with van der Waals surface area (Å²) in [5.41, 5.74) is -1.34. The summed E-state index contributed by atoms with van der Waals surface area (Å²) in [5, 5.41) is 9.17. The number of carbonyl (C=O) groups is 3. The highest BCUT2D eigenvalue weighted by molar-refractivity contribution is 7.86. The first-order valence-corrected chi connectivity index (χ1v) is 8.26. The van der Waals surface area contributed by atoms with Crippen molar-refractivity contribution >= 4 is 28.0 Å². The Kier molecular flexibility index (Phi) is 6.42. The van der Waals surface area contributed by atoms with E-state index in [1.165, 1.54) is 13.8 Å². The van der Waals surface area contributed by atoms with E-state index >= 15 is 0 Å². The predicted molar refractivity (Wildman–Crippen MR) is 83.9 cm³/mol. The van der Waals surface area contributed by atoms with Crippen molar-refractivity contribution in [3.63, 3.8) is 0 Å². The molecule has 0 aliphatic carbocycles. The summed E-state index contributed by atoms with van der Waals surface area (Å²) >= 11 is 0. The molecule has 0 aliphatic rings. The van der Waals surface area contributed by atoms with E-state index in [0.717, 1.165) is 18.2 Å². The van der Waals surface area contributed by atoms with E-state index in [1.807, 2.05) is 0 Å². The highest BCUT2D eigenvalue weighted by Crippen LogP contribution is 2.21. The van der Waals surface area contributed by atoms with Crippen LogP contribution in [-0.4, -0.2) is 48.7 Å². The third-order valence-corrected chi connectivity index (χ3v) is 3.74. The van der Waals surface area contributed by atoms with Crippen molar-refractivity contribution in [2.75, 3.05) is 6.61 Å². The maximum atomic E-state index is 12.1. The average molecular weight is 372 g/mol. The van der Waals surface area contributed by atoms with E-state index in [1.54, 1.807) is 0 Å². The molecule has 0 fully saturated rings. The normalized spacial score (nSPS) is 12.1. The predicted octanol–water partition coefficient (Wildman–Crippen LogP) is 1.30. The van der Waals surface area contributed by atoms with Gasteiger partial charge in [0.2, 0.25) is 0 Å². The standard InChI is InChI=1S/C15H16O9S/c1-8(2)14(18)23-7-9(3)24-15(19)10-5-4-6-11(25(20,21)22)12(10)13(16)17/h4-6,9H,1,7H2,2-3H3,(H,16,17)(H,20,21,22)/t9-/m0/s1. The van der Waals surface area contributed by atoms with Gasteiger partial charge in [0.1, 0.15) is 17.6 Å². The van der Waals surface area contributed by atoms with Crippen molar-refractivity contribution < 1.29 is 41.9 Å². The summed E-state index contributed by atoms with van der Waals surface area (Å²) in [6, 6.07) is 2.96. The van der Waals surface area contributed by atoms with Gasteiger partial charge in [-0.15, -0.1) is 0 Å². The van der Waals surface area contributed by atoms with Crippen LogP contribution in [0.25, 0.3) is 0 Å². The van der Waals surface area contributed by atoms with E-state index < -0.39 is 50.2 Å². The summed E-state index contributed by atoms with van der Waals surface area (Å²) in [6.45, 7) is 5.88. The molecule has 0 bridgehead atoms. The molecule has 0 saturated carbocycles. The molecular formula is C15H16O9S. The molecule has 0 saturated heterocycles. The zero-order valence-corrected chi connectivity index (χ0v) is 14.2. The monoisotopic (exact) mass is 372 g/mol. The van der Waals surface area contributed by atoms with Crippen LogP contribution in [0, 0.1) is 0 Å². The minimum absolute atomic E-state index is 0.146. The van der Waals surface area contributed by atoms with Gasteiger partial charge in [0, 0.05) is 5.57 Å². The molecule has 25 heavy (non-hydrogen) atoms. The Balaban J connectivity index is 3.05. The van der Waals surface area contributed by atoms with E-state index in [4.69, 9.17) is 19.1 Å².